The summed E-state index contributed by atoms with van der Waals surface area (Å²) in [5, 5.41) is 0.937. The quantitative estimate of drug-likeness (QED) is 0.193. The Kier molecular flexibility index (Phi) is 11.7. The summed E-state index contributed by atoms with van der Waals surface area (Å²) in [5.41, 5.74) is 3.85. The van der Waals surface area contributed by atoms with Crippen LogP contribution in [0.3, 0.4) is 0 Å². The van der Waals surface area contributed by atoms with Gasteiger partial charge in [-0.05, 0) is 76.9 Å². The van der Waals surface area contributed by atoms with Gasteiger partial charge < -0.3 is 4.74 Å². The van der Waals surface area contributed by atoms with Crippen molar-refractivity contribution in [3.05, 3.63) is 59.4 Å². The van der Waals surface area contributed by atoms with Crippen LogP contribution in [0.5, 0.6) is 0 Å². The number of hydrogen-bond acceptors (Lipinski definition) is 3. The maximum absolute atomic E-state index is 14.2. The normalized spacial score (nSPS) is 22.9. The van der Waals surface area contributed by atoms with Gasteiger partial charge in [0.1, 0.15) is 14.2 Å². The number of hydrogen-bond donors (Lipinski definition) is 0. The molecule has 3 rings (SSSR count). The SMILES string of the molecule is C=CC[C@@H](C)C[C@@H]1CC(=O)C([Si](C(C)C)(C(C)C)C(C)C)=CN1C(=O)O[C@@H]1CCCC[C@H]1c1ccccc1C(C)C. The van der Waals surface area contributed by atoms with E-state index >= 15 is 0 Å². The molecule has 1 aliphatic heterocycles. The van der Waals surface area contributed by atoms with E-state index in [2.05, 4.69) is 93.2 Å². The van der Waals surface area contributed by atoms with E-state index in [0.717, 1.165) is 43.7 Å². The Morgan fingerprint density at radius 2 is 1.61 bits per heavy atom. The van der Waals surface area contributed by atoms with Crippen LogP contribution in [0, 0.1) is 5.92 Å². The van der Waals surface area contributed by atoms with Gasteiger partial charge >= 0.3 is 6.09 Å². The molecule has 0 saturated heterocycles. The molecule has 1 aromatic rings. The minimum absolute atomic E-state index is 0.154. The monoisotopic (exact) mass is 579 g/mol. The van der Waals surface area contributed by atoms with Crippen molar-refractivity contribution < 1.29 is 14.3 Å². The molecule has 0 spiro atoms. The lowest BCUT2D eigenvalue weighted by atomic mass is 9.78. The van der Waals surface area contributed by atoms with Gasteiger partial charge in [0.2, 0.25) is 0 Å². The first-order valence-electron chi connectivity index (χ1n) is 16.3. The van der Waals surface area contributed by atoms with Crippen molar-refractivity contribution in [2.75, 3.05) is 0 Å². The molecule has 0 unspecified atom stereocenters. The minimum Gasteiger partial charge on any atom is -0.445 e. The molecule has 1 amide bonds. The molecule has 0 aromatic heterocycles. The van der Waals surface area contributed by atoms with Crippen molar-refractivity contribution >= 4 is 20.0 Å². The topological polar surface area (TPSA) is 46.6 Å². The Labute approximate surface area is 252 Å². The zero-order chi connectivity index (χ0) is 30.5. The van der Waals surface area contributed by atoms with Gasteiger partial charge in [-0.25, -0.2) is 4.79 Å². The van der Waals surface area contributed by atoms with Gasteiger partial charge in [0, 0.05) is 24.6 Å². The fraction of sp³-hybridized carbons (Fsp3) is 0.667. The van der Waals surface area contributed by atoms with E-state index in [9.17, 15) is 9.59 Å². The molecular formula is C36H57NO3Si. The number of carbonyl (C=O) groups is 2. The molecule has 1 saturated carbocycles. The standard InChI is InChI=1S/C36H57NO3Si/c1-11-16-28(10)21-29-22-33(38)35(41(25(4)5,26(6)7)27(8)9)23-37(29)36(39)40-34-20-15-14-19-32(34)31-18-13-12-17-30(31)24(2)3/h11-13,17-18,23-29,32,34H,1,14-16,19-22H2,2-10H3/t28-,29-,32+,34-/m1/s1. The smallest absolute Gasteiger partial charge is 0.414 e. The van der Waals surface area contributed by atoms with E-state index in [1.165, 1.54) is 11.1 Å². The third-order valence-electron chi connectivity index (χ3n) is 10.1. The van der Waals surface area contributed by atoms with Crippen molar-refractivity contribution in [3.63, 3.8) is 0 Å². The number of amides is 1. The Bertz CT molecular complexity index is 1070. The number of benzene rings is 1. The predicted molar refractivity (Wildman–Crippen MR) is 175 cm³/mol. The van der Waals surface area contributed by atoms with Gasteiger partial charge in [-0.2, -0.15) is 0 Å². The summed E-state index contributed by atoms with van der Waals surface area (Å²) in [6.45, 7) is 24.3. The van der Waals surface area contributed by atoms with Crippen molar-refractivity contribution in [1.82, 2.24) is 4.90 Å². The molecular weight excluding hydrogens is 522 g/mol. The van der Waals surface area contributed by atoms with Gasteiger partial charge in [-0.3, -0.25) is 9.69 Å². The summed E-state index contributed by atoms with van der Waals surface area (Å²) in [7, 11) is -2.25. The first kappa shape index (κ1) is 33.4. The van der Waals surface area contributed by atoms with Crippen molar-refractivity contribution in [1.29, 1.82) is 0 Å². The van der Waals surface area contributed by atoms with Crippen LogP contribution in [0.4, 0.5) is 4.79 Å². The average Bonchev–Trinajstić information content (AvgIpc) is 2.90. The molecule has 4 atom stereocenters. The summed E-state index contributed by atoms with van der Waals surface area (Å²) in [6.07, 6.45) is 9.64. The van der Waals surface area contributed by atoms with Gasteiger partial charge in [-0.1, -0.05) is 99.1 Å². The molecule has 0 N–H and O–H groups in total. The maximum Gasteiger partial charge on any atom is 0.414 e. The highest BCUT2D eigenvalue weighted by Crippen LogP contribution is 2.48. The fourth-order valence-electron chi connectivity index (χ4n) is 8.43. The van der Waals surface area contributed by atoms with E-state index in [1.807, 2.05) is 17.2 Å². The Morgan fingerprint density at radius 1 is 1.00 bits per heavy atom. The van der Waals surface area contributed by atoms with E-state index in [0.29, 0.717) is 34.9 Å². The number of carbonyl (C=O) groups excluding carboxylic acids is 2. The molecule has 1 fully saturated rings. The Hall–Kier alpha value is -2.14. The maximum atomic E-state index is 14.2. The largest absolute Gasteiger partial charge is 0.445 e. The Morgan fingerprint density at radius 3 is 2.20 bits per heavy atom. The van der Waals surface area contributed by atoms with Crippen LogP contribution in [-0.4, -0.2) is 37.0 Å². The first-order chi connectivity index (χ1) is 19.4. The van der Waals surface area contributed by atoms with Crippen LogP contribution < -0.4 is 0 Å². The van der Waals surface area contributed by atoms with Crippen molar-refractivity contribution in [2.24, 2.45) is 5.92 Å². The third kappa shape index (κ3) is 7.09. The lowest BCUT2D eigenvalue weighted by molar-refractivity contribution is -0.117. The zero-order valence-corrected chi connectivity index (χ0v) is 28.4. The molecule has 5 heteroatoms. The molecule has 1 aromatic carbocycles. The highest BCUT2D eigenvalue weighted by atomic mass is 28.3. The second kappa shape index (κ2) is 14.4. The van der Waals surface area contributed by atoms with Crippen LogP contribution in [-0.2, 0) is 9.53 Å². The van der Waals surface area contributed by atoms with Crippen LogP contribution in [0.25, 0.3) is 0 Å². The van der Waals surface area contributed by atoms with Crippen molar-refractivity contribution in [2.45, 2.75) is 148 Å². The van der Waals surface area contributed by atoms with E-state index in [1.54, 1.807) is 0 Å². The van der Waals surface area contributed by atoms with Gasteiger partial charge in [0.05, 0.1) is 0 Å². The van der Waals surface area contributed by atoms with Crippen LogP contribution in [0.15, 0.2) is 48.3 Å². The number of rotatable bonds is 11. The average molecular weight is 580 g/mol. The lowest BCUT2D eigenvalue weighted by Gasteiger charge is -2.47. The summed E-state index contributed by atoms with van der Waals surface area (Å²) >= 11 is 0. The molecule has 2 aliphatic rings. The van der Waals surface area contributed by atoms with Crippen LogP contribution in [0.2, 0.25) is 16.6 Å². The fourth-order valence-corrected chi connectivity index (χ4v) is 15.2. The molecule has 1 aliphatic carbocycles. The highest BCUT2D eigenvalue weighted by Gasteiger charge is 2.51. The summed E-state index contributed by atoms with van der Waals surface area (Å²) < 4.78 is 6.51. The molecule has 4 nitrogen and oxygen atoms in total. The molecule has 1 heterocycles. The molecule has 228 valence electrons. The third-order valence-corrected chi connectivity index (χ3v) is 17.2. The van der Waals surface area contributed by atoms with E-state index < -0.39 is 8.07 Å². The Balaban J connectivity index is 2.04. The number of nitrogens with zero attached hydrogens (tertiary/aromatic N) is 1. The lowest BCUT2D eigenvalue weighted by Crippen LogP contribution is -2.54. The second-order valence-corrected chi connectivity index (χ2v) is 20.0. The first-order valence-corrected chi connectivity index (χ1v) is 18.5. The van der Waals surface area contributed by atoms with E-state index in [-0.39, 0.29) is 29.9 Å². The molecule has 0 bridgehead atoms. The zero-order valence-electron chi connectivity index (χ0n) is 27.4. The summed E-state index contributed by atoms with van der Waals surface area (Å²) in [4.78, 5) is 30.1. The predicted octanol–water partition coefficient (Wildman–Crippen LogP) is 10.3. The second-order valence-electron chi connectivity index (χ2n) is 14.1. The van der Waals surface area contributed by atoms with Crippen LogP contribution >= 0.6 is 0 Å². The summed E-state index contributed by atoms with van der Waals surface area (Å²) in [5.74, 6) is 1.20. The summed E-state index contributed by atoms with van der Waals surface area (Å²) in [6, 6.07) is 8.51. The number of ether oxygens (including phenoxy) is 1. The number of allylic oxidation sites excluding steroid dienone is 2. The highest BCUT2D eigenvalue weighted by molar-refractivity contribution is 6.93. The van der Waals surface area contributed by atoms with E-state index in [4.69, 9.17) is 4.74 Å². The minimum atomic E-state index is -2.25. The molecule has 0 radical (unpaired) electrons. The van der Waals surface area contributed by atoms with Gasteiger partial charge in [0.25, 0.3) is 0 Å². The van der Waals surface area contributed by atoms with Crippen molar-refractivity contribution in [3.8, 4) is 0 Å². The number of Topliss-reactive ketones (excluding diaryl/α,β-unsaturated/α-hetero) is 1. The van der Waals surface area contributed by atoms with Crippen LogP contribution in [0.1, 0.15) is 130 Å². The number of ketones is 1. The van der Waals surface area contributed by atoms with Gasteiger partial charge in [0.15, 0.2) is 5.78 Å². The van der Waals surface area contributed by atoms with Gasteiger partial charge in [-0.15, -0.1) is 6.58 Å². The molecule has 41 heavy (non-hydrogen) atoms.